The SMILES string of the molecule is O=CCC#Cc1ccc(F)c(C=O)c1. The number of carbonyl (C=O) groups is 2. The van der Waals surface area contributed by atoms with E-state index in [9.17, 15) is 14.0 Å². The lowest BCUT2D eigenvalue weighted by molar-refractivity contribution is -0.107. The lowest BCUT2D eigenvalue weighted by Gasteiger charge is -1.94. The summed E-state index contributed by atoms with van der Waals surface area (Å²) >= 11 is 0. The molecule has 0 saturated heterocycles. The molecule has 0 bridgehead atoms. The van der Waals surface area contributed by atoms with E-state index in [-0.39, 0.29) is 12.0 Å². The van der Waals surface area contributed by atoms with Crippen LogP contribution in [0.25, 0.3) is 0 Å². The van der Waals surface area contributed by atoms with Crippen molar-refractivity contribution in [2.24, 2.45) is 0 Å². The first kappa shape index (κ1) is 10.1. The van der Waals surface area contributed by atoms with Gasteiger partial charge in [-0.15, -0.1) is 0 Å². The minimum absolute atomic E-state index is 0.0251. The highest BCUT2D eigenvalue weighted by Crippen LogP contribution is 2.07. The van der Waals surface area contributed by atoms with Crippen molar-refractivity contribution in [2.45, 2.75) is 6.42 Å². The van der Waals surface area contributed by atoms with Gasteiger partial charge in [0.15, 0.2) is 6.29 Å². The number of aldehydes is 2. The number of hydrogen-bond acceptors (Lipinski definition) is 2. The first-order valence-electron chi connectivity index (χ1n) is 3.95. The normalized spacial score (nSPS) is 8.64. The third-order valence-electron chi connectivity index (χ3n) is 1.54. The smallest absolute Gasteiger partial charge is 0.153 e. The lowest BCUT2D eigenvalue weighted by atomic mass is 10.1. The number of halogens is 1. The maximum atomic E-state index is 12.8. The van der Waals surface area contributed by atoms with Crippen molar-refractivity contribution < 1.29 is 14.0 Å². The first-order chi connectivity index (χ1) is 6.77. The van der Waals surface area contributed by atoms with Crippen LogP contribution in [0, 0.1) is 17.7 Å². The maximum Gasteiger partial charge on any atom is 0.153 e. The Morgan fingerprint density at radius 2 is 2.14 bits per heavy atom. The Labute approximate surface area is 80.7 Å². The molecule has 0 atom stereocenters. The second-order valence-electron chi connectivity index (χ2n) is 2.53. The van der Waals surface area contributed by atoms with Crippen LogP contribution in [0.3, 0.4) is 0 Å². The van der Waals surface area contributed by atoms with Crippen molar-refractivity contribution in [3.8, 4) is 11.8 Å². The van der Waals surface area contributed by atoms with Crippen molar-refractivity contribution in [1.29, 1.82) is 0 Å². The highest BCUT2D eigenvalue weighted by molar-refractivity contribution is 5.76. The van der Waals surface area contributed by atoms with E-state index in [1.807, 2.05) is 0 Å². The molecular formula is C11H7FO2. The van der Waals surface area contributed by atoms with Gasteiger partial charge in [-0.25, -0.2) is 4.39 Å². The summed E-state index contributed by atoms with van der Waals surface area (Å²) in [5.41, 5.74) is 0.498. The molecule has 1 aromatic rings. The fraction of sp³-hybridized carbons (Fsp3) is 0.0909. The van der Waals surface area contributed by atoms with Crippen LogP contribution in [0.15, 0.2) is 18.2 Å². The van der Waals surface area contributed by atoms with E-state index in [4.69, 9.17) is 0 Å². The van der Waals surface area contributed by atoms with Gasteiger partial charge < -0.3 is 4.79 Å². The van der Waals surface area contributed by atoms with Gasteiger partial charge in [-0.3, -0.25) is 4.79 Å². The van der Waals surface area contributed by atoms with Gasteiger partial charge in [0.25, 0.3) is 0 Å². The third kappa shape index (κ3) is 2.53. The zero-order valence-electron chi connectivity index (χ0n) is 7.29. The second kappa shape index (κ2) is 4.93. The molecule has 0 radical (unpaired) electrons. The summed E-state index contributed by atoms with van der Waals surface area (Å²) in [5.74, 6) is 4.64. The van der Waals surface area contributed by atoms with Crippen LogP contribution >= 0.6 is 0 Å². The molecule has 1 rings (SSSR count). The minimum Gasteiger partial charge on any atom is -0.302 e. The summed E-state index contributed by atoms with van der Waals surface area (Å²) in [6.45, 7) is 0. The zero-order chi connectivity index (χ0) is 10.4. The molecule has 3 heteroatoms. The van der Waals surface area contributed by atoms with Crippen LogP contribution in [0.4, 0.5) is 4.39 Å². The fourth-order valence-corrected chi connectivity index (χ4v) is 0.907. The van der Waals surface area contributed by atoms with Crippen molar-refractivity contribution in [2.75, 3.05) is 0 Å². The van der Waals surface area contributed by atoms with Gasteiger partial charge in [0.05, 0.1) is 12.0 Å². The van der Waals surface area contributed by atoms with Gasteiger partial charge >= 0.3 is 0 Å². The molecule has 0 saturated carbocycles. The predicted molar refractivity (Wildman–Crippen MR) is 49.3 cm³/mol. The van der Waals surface area contributed by atoms with Gasteiger partial charge in [-0.05, 0) is 18.2 Å². The molecule has 0 heterocycles. The summed E-state index contributed by atoms with van der Waals surface area (Å²) in [6, 6.07) is 3.98. The Morgan fingerprint density at radius 3 is 2.79 bits per heavy atom. The quantitative estimate of drug-likeness (QED) is 0.524. The molecule has 14 heavy (non-hydrogen) atoms. The molecule has 0 aliphatic carbocycles. The van der Waals surface area contributed by atoms with Crippen molar-refractivity contribution in [1.82, 2.24) is 0 Å². The number of carbonyl (C=O) groups excluding carboxylic acids is 2. The van der Waals surface area contributed by atoms with Crippen LogP contribution in [0.1, 0.15) is 22.3 Å². The van der Waals surface area contributed by atoms with Gasteiger partial charge in [-0.2, -0.15) is 0 Å². The second-order valence-corrected chi connectivity index (χ2v) is 2.53. The molecule has 0 aromatic heterocycles. The van der Waals surface area contributed by atoms with Gasteiger partial charge in [0.1, 0.15) is 12.1 Å². The lowest BCUT2D eigenvalue weighted by Crippen LogP contribution is -1.88. The molecular weight excluding hydrogens is 183 g/mol. The highest BCUT2D eigenvalue weighted by atomic mass is 19.1. The Balaban J connectivity index is 2.96. The molecule has 0 amide bonds. The van der Waals surface area contributed by atoms with Crippen molar-refractivity contribution in [3.63, 3.8) is 0 Å². The Kier molecular flexibility index (Phi) is 3.57. The van der Waals surface area contributed by atoms with E-state index >= 15 is 0 Å². The molecule has 0 spiro atoms. The summed E-state index contributed by atoms with van der Waals surface area (Å²) in [7, 11) is 0. The van der Waals surface area contributed by atoms with E-state index in [0.29, 0.717) is 18.1 Å². The van der Waals surface area contributed by atoms with Gasteiger partial charge in [0.2, 0.25) is 0 Å². The maximum absolute atomic E-state index is 12.8. The Morgan fingerprint density at radius 1 is 1.36 bits per heavy atom. The van der Waals surface area contributed by atoms with E-state index in [2.05, 4.69) is 11.8 Å². The van der Waals surface area contributed by atoms with Crippen LogP contribution in [-0.2, 0) is 4.79 Å². The highest BCUT2D eigenvalue weighted by Gasteiger charge is 1.99. The molecule has 0 N–H and O–H groups in total. The molecule has 1 aromatic carbocycles. The average Bonchev–Trinajstić information content (AvgIpc) is 2.21. The monoisotopic (exact) mass is 190 g/mol. The number of benzene rings is 1. The zero-order valence-corrected chi connectivity index (χ0v) is 7.29. The van der Waals surface area contributed by atoms with E-state index < -0.39 is 5.82 Å². The standard InChI is InChI=1S/C11H7FO2/c12-11-5-4-9(3-1-2-6-13)7-10(11)8-14/h4-8H,2H2. The van der Waals surface area contributed by atoms with E-state index in [1.165, 1.54) is 18.2 Å². The first-order valence-corrected chi connectivity index (χ1v) is 3.95. The average molecular weight is 190 g/mol. The predicted octanol–water partition coefficient (Wildman–Crippen LogP) is 1.58. The summed E-state index contributed by atoms with van der Waals surface area (Å²) in [6.07, 6.45) is 1.24. The summed E-state index contributed by atoms with van der Waals surface area (Å²) in [4.78, 5) is 20.3. The molecule has 0 aliphatic heterocycles. The van der Waals surface area contributed by atoms with Gasteiger partial charge in [-0.1, -0.05) is 11.8 Å². The van der Waals surface area contributed by atoms with Crippen molar-refractivity contribution in [3.05, 3.63) is 35.1 Å². The topological polar surface area (TPSA) is 34.1 Å². The molecule has 2 nitrogen and oxygen atoms in total. The number of rotatable bonds is 2. The largest absolute Gasteiger partial charge is 0.302 e. The third-order valence-corrected chi connectivity index (χ3v) is 1.54. The Bertz CT molecular complexity index is 413. The minimum atomic E-state index is -0.569. The summed E-state index contributed by atoms with van der Waals surface area (Å²) in [5, 5.41) is 0. The summed E-state index contributed by atoms with van der Waals surface area (Å²) < 4.78 is 12.8. The van der Waals surface area contributed by atoms with Crippen molar-refractivity contribution >= 4 is 12.6 Å². The molecule has 0 aliphatic rings. The molecule has 0 unspecified atom stereocenters. The van der Waals surface area contributed by atoms with E-state index in [1.54, 1.807) is 0 Å². The van der Waals surface area contributed by atoms with Crippen LogP contribution < -0.4 is 0 Å². The molecule has 70 valence electrons. The fourth-order valence-electron chi connectivity index (χ4n) is 0.907. The van der Waals surface area contributed by atoms with Crippen LogP contribution in [-0.4, -0.2) is 12.6 Å². The molecule has 0 fully saturated rings. The van der Waals surface area contributed by atoms with Crippen LogP contribution in [0.2, 0.25) is 0 Å². The number of hydrogen-bond donors (Lipinski definition) is 0. The Hall–Kier alpha value is -1.95. The van der Waals surface area contributed by atoms with E-state index in [0.717, 1.165) is 0 Å². The van der Waals surface area contributed by atoms with Gasteiger partial charge in [0, 0.05) is 5.56 Å². The van der Waals surface area contributed by atoms with Crippen LogP contribution in [0.5, 0.6) is 0 Å².